The second kappa shape index (κ2) is 5.17. The van der Waals surface area contributed by atoms with E-state index in [-0.39, 0.29) is 11.5 Å². The predicted molar refractivity (Wildman–Crippen MR) is 66.0 cm³/mol. The van der Waals surface area contributed by atoms with E-state index in [0.29, 0.717) is 11.6 Å². The normalized spacial score (nSPS) is 20.3. The zero-order valence-electron chi connectivity index (χ0n) is 10.1. The number of hydrogen-bond donors (Lipinski definition) is 1. The second-order valence-electron chi connectivity index (χ2n) is 4.50. The summed E-state index contributed by atoms with van der Waals surface area (Å²) in [5.41, 5.74) is 0.273. The topological polar surface area (TPSA) is 53.2 Å². The van der Waals surface area contributed by atoms with Crippen LogP contribution in [-0.2, 0) is 0 Å². The molecule has 1 N–H and O–H groups in total. The minimum absolute atomic E-state index is 0.0114. The lowest BCUT2D eigenvalue weighted by Crippen LogP contribution is -2.43. The monoisotopic (exact) mass is 234 g/mol. The van der Waals surface area contributed by atoms with Gasteiger partial charge in [0.1, 0.15) is 0 Å². The lowest BCUT2D eigenvalue weighted by Gasteiger charge is -2.35. The molecule has 92 valence electrons. The predicted octanol–water partition coefficient (Wildman–Crippen LogP) is 1.78. The van der Waals surface area contributed by atoms with Crippen molar-refractivity contribution in [2.75, 3.05) is 6.54 Å². The number of aromatic amines is 1. The zero-order valence-corrected chi connectivity index (χ0v) is 10.1. The zero-order chi connectivity index (χ0) is 12.3. The number of aromatic nitrogens is 1. The van der Waals surface area contributed by atoms with E-state index in [1.807, 2.05) is 4.90 Å². The number of nitrogens with one attached hydrogen (secondary N) is 1. The highest BCUT2D eigenvalue weighted by atomic mass is 16.2. The molecule has 1 fully saturated rings. The molecule has 0 aliphatic carbocycles. The van der Waals surface area contributed by atoms with Gasteiger partial charge in [0.25, 0.3) is 5.91 Å². The van der Waals surface area contributed by atoms with E-state index in [2.05, 4.69) is 11.9 Å². The fourth-order valence-electron chi connectivity index (χ4n) is 2.44. The molecule has 17 heavy (non-hydrogen) atoms. The highest BCUT2D eigenvalue weighted by Crippen LogP contribution is 2.21. The van der Waals surface area contributed by atoms with Gasteiger partial charge in [-0.3, -0.25) is 9.59 Å². The molecule has 0 saturated carbocycles. The van der Waals surface area contributed by atoms with Crippen molar-refractivity contribution in [1.82, 2.24) is 9.88 Å². The largest absolute Gasteiger partial charge is 0.336 e. The van der Waals surface area contributed by atoms with Gasteiger partial charge in [-0.15, -0.1) is 0 Å². The first-order chi connectivity index (χ1) is 8.22. The number of nitrogens with zero attached hydrogens (tertiary/aromatic N) is 1. The molecule has 2 rings (SSSR count). The van der Waals surface area contributed by atoms with Crippen LogP contribution in [0.5, 0.6) is 0 Å². The first-order valence-corrected chi connectivity index (χ1v) is 6.22. The van der Waals surface area contributed by atoms with E-state index < -0.39 is 0 Å². The maximum Gasteiger partial charge on any atom is 0.254 e. The average molecular weight is 234 g/mol. The summed E-state index contributed by atoms with van der Waals surface area (Å²) in [6, 6.07) is 3.38. The summed E-state index contributed by atoms with van der Waals surface area (Å²) in [5.74, 6) is -0.0114. The van der Waals surface area contributed by atoms with Gasteiger partial charge in [0.05, 0.1) is 0 Å². The minimum Gasteiger partial charge on any atom is -0.336 e. The number of hydrogen-bond acceptors (Lipinski definition) is 2. The molecule has 4 nitrogen and oxygen atoms in total. The smallest absolute Gasteiger partial charge is 0.254 e. The van der Waals surface area contributed by atoms with E-state index in [9.17, 15) is 9.59 Å². The van der Waals surface area contributed by atoms with Crippen molar-refractivity contribution in [3.63, 3.8) is 0 Å². The molecule has 1 aromatic rings. The molecule has 1 amide bonds. The van der Waals surface area contributed by atoms with Crippen molar-refractivity contribution in [1.29, 1.82) is 0 Å². The highest BCUT2D eigenvalue weighted by molar-refractivity contribution is 5.94. The van der Waals surface area contributed by atoms with Crippen molar-refractivity contribution in [2.45, 2.75) is 38.6 Å². The van der Waals surface area contributed by atoms with Gasteiger partial charge >= 0.3 is 0 Å². The van der Waals surface area contributed by atoms with Crippen molar-refractivity contribution in [3.8, 4) is 0 Å². The number of H-pyrrole nitrogens is 1. The lowest BCUT2D eigenvalue weighted by molar-refractivity contribution is 0.0608. The van der Waals surface area contributed by atoms with Crippen LogP contribution in [0.2, 0.25) is 0 Å². The molecule has 1 saturated heterocycles. The van der Waals surface area contributed by atoms with Crippen LogP contribution in [0.25, 0.3) is 0 Å². The molecule has 0 aromatic carbocycles. The molecule has 1 aliphatic heterocycles. The summed E-state index contributed by atoms with van der Waals surface area (Å²) in [4.78, 5) is 27.9. The molecular formula is C13H18N2O2. The molecule has 4 heteroatoms. The number of amides is 1. The Morgan fingerprint density at radius 2 is 2.35 bits per heavy atom. The van der Waals surface area contributed by atoms with E-state index in [4.69, 9.17) is 0 Å². The van der Waals surface area contributed by atoms with Gasteiger partial charge in [-0.25, -0.2) is 0 Å². The Balaban J connectivity index is 2.21. The number of carbonyl (C=O) groups excluding carboxylic acids is 1. The number of piperidine rings is 1. The fourth-order valence-corrected chi connectivity index (χ4v) is 2.44. The molecule has 0 spiro atoms. The Morgan fingerprint density at radius 1 is 1.53 bits per heavy atom. The minimum atomic E-state index is -0.221. The third-order valence-corrected chi connectivity index (χ3v) is 3.38. The molecule has 2 heterocycles. The Labute approximate surface area is 101 Å². The summed E-state index contributed by atoms with van der Waals surface area (Å²) < 4.78 is 0. The van der Waals surface area contributed by atoms with Crippen molar-refractivity contribution >= 4 is 5.91 Å². The second-order valence-corrected chi connectivity index (χ2v) is 4.50. The molecule has 1 aliphatic rings. The van der Waals surface area contributed by atoms with Crippen LogP contribution in [0.1, 0.15) is 43.0 Å². The summed E-state index contributed by atoms with van der Waals surface area (Å²) in [5, 5.41) is 0. The first-order valence-electron chi connectivity index (χ1n) is 6.22. The molecular weight excluding hydrogens is 216 g/mol. The Morgan fingerprint density at radius 3 is 3.06 bits per heavy atom. The molecule has 1 aromatic heterocycles. The van der Waals surface area contributed by atoms with E-state index in [1.54, 1.807) is 6.07 Å². The van der Waals surface area contributed by atoms with Gasteiger partial charge < -0.3 is 9.88 Å². The van der Waals surface area contributed by atoms with Crippen LogP contribution < -0.4 is 5.56 Å². The Bertz CT molecular complexity index is 453. The molecule has 0 radical (unpaired) electrons. The van der Waals surface area contributed by atoms with Gasteiger partial charge in [0.2, 0.25) is 5.56 Å². The molecule has 1 atom stereocenters. The van der Waals surface area contributed by atoms with Crippen molar-refractivity contribution < 1.29 is 4.79 Å². The maximum atomic E-state index is 12.3. The first kappa shape index (κ1) is 11.9. The van der Waals surface area contributed by atoms with Gasteiger partial charge in [-0.1, -0.05) is 6.92 Å². The SMILES string of the molecule is CCC1CCCCN1C(=O)c1cc[nH]c(=O)c1. The van der Waals surface area contributed by atoms with Gasteiger partial charge in [0.15, 0.2) is 0 Å². The Kier molecular flexibility index (Phi) is 3.61. The third kappa shape index (κ3) is 2.57. The van der Waals surface area contributed by atoms with Gasteiger partial charge in [-0.2, -0.15) is 0 Å². The summed E-state index contributed by atoms with van der Waals surface area (Å²) in [6.45, 7) is 2.91. The highest BCUT2D eigenvalue weighted by Gasteiger charge is 2.26. The fraction of sp³-hybridized carbons (Fsp3) is 0.538. The number of rotatable bonds is 2. The standard InChI is InChI=1S/C13H18N2O2/c1-2-11-5-3-4-8-15(11)13(17)10-6-7-14-12(16)9-10/h6-7,9,11H,2-5,8H2,1H3,(H,14,16). The van der Waals surface area contributed by atoms with Gasteiger partial charge in [-0.05, 0) is 31.7 Å². The lowest BCUT2D eigenvalue weighted by atomic mass is 9.99. The van der Waals surface area contributed by atoms with Gasteiger partial charge in [0, 0.05) is 30.4 Å². The summed E-state index contributed by atoms with van der Waals surface area (Å²) in [7, 11) is 0. The van der Waals surface area contributed by atoms with Crippen LogP contribution in [0.15, 0.2) is 23.1 Å². The molecule has 0 bridgehead atoms. The maximum absolute atomic E-state index is 12.3. The van der Waals surface area contributed by atoms with Crippen LogP contribution in [0.3, 0.4) is 0 Å². The van der Waals surface area contributed by atoms with Crippen LogP contribution >= 0.6 is 0 Å². The van der Waals surface area contributed by atoms with E-state index in [1.165, 1.54) is 18.7 Å². The molecule has 1 unspecified atom stereocenters. The number of pyridine rings is 1. The number of carbonyl (C=O) groups is 1. The van der Waals surface area contributed by atoms with Crippen LogP contribution in [0.4, 0.5) is 0 Å². The quantitative estimate of drug-likeness (QED) is 0.848. The van der Waals surface area contributed by atoms with E-state index in [0.717, 1.165) is 25.8 Å². The van der Waals surface area contributed by atoms with E-state index >= 15 is 0 Å². The third-order valence-electron chi connectivity index (χ3n) is 3.38. The Hall–Kier alpha value is -1.58. The van der Waals surface area contributed by atoms with Crippen LogP contribution in [-0.4, -0.2) is 28.4 Å². The van der Waals surface area contributed by atoms with Crippen LogP contribution in [0, 0.1) is 0 Å². The van der Waals surface area contributed by atoms with Crippen molar-refractivity contribution in [3.05, 3.63) is 34.2 Å². The average Bonchev–Trinajstić information content (AvgIpc) is 2.38. The number of likely N-dealkylation sites (tertiary alicyclic amines) is 1. The van der Waals surface area contributed by atoms with Crippen molar-refractivity contribution in [2.24, 2.45) is 0 Å². The summed E-state index contributed by atoms with van der Waals surface area (Å²) in [6.07, 6.45) is 5.84. The summed E-state index contributed by atoms with van der Waals surface area (Å²) >= 11 is 0.